The van der Waals surface area contributed by atoms with Gasteiger partial charge in [0.05, 0.1) is 30.5 Å². The molecule has 4 rings (SSSR count). The monoisotopic (exact) mass is 537 g/mol. The van der Waals surface area contributed by atoms with Crippen LogP contribution in [0.2, 0.25) is 5.02 Å². The first-order valence-corrected chi connectivity index (χ1v) is 11.6. The van der Waals surface area contributed by atoms with Gasteiger partial charge in [-0.25, -0.2) is 9.18 Å². The molecule has 0 bridgehead atoms. The molecule has 0 saturated carbocycles. The molecule has 0 atom stereocenters. The summed E-state index contributed by atoms with van der Waals surface area (Å²) in [5, 5.41) is 5.26. The van der Waals surface area contributed by atoms with Gasteiger partial charge in [-0.2, -0.15) is 0 Å². The van der Waals surface area contributed by atoms with Gasteiger partial charge in [-0.1, -0.05) is 29.8 Å². The van der Waals surface area contributed by atoms with Gasteiger partial charge in [-0.15, -0.1) is 0 Å². The van der Waals surface area contributed by atoms with Gasteiger partial charge in [0, 0.05) is 16.4 Å². The van der Waals surface area contributed by atoms with Gasteiger partial charge >= 0.3 is 17.8 Å². The summed E-state index contributed by atoms with van der Waals surface area (Å²) in [6.45, 7) is 1.38. The summed E-state index contributed by atoms with van der Waals surface area (Å²) in [7, 11) is 1.17. The average molecular weight is 538 g/mol. The number of ether oxygens (including phenoxy) is 1. The molecule has 3 amide bonds. The Labute approximate surface area is 221 Å². The average Bonchev–Trinajstić information content (AvgIpc) is 3.44. The Hall–Kier alpha value is -4.70. The molecule has 0 spiro atoms. The molecule has 2 aromatic carbocycles. The number of nitrogens with zero attached hydrogens (tertiary/aromatic N) is 1. The lowest BCUT2D eigenvalue weighted by Crippen LogP contribution is -2.34. The normalized spacial score (nSPS) is 14.2. The van der Waals surface area contributed by atoms with Crippen LogP contribution in [0.4, 0.5) is 15.8 Å². The van der Waals surface area contributed by atoms with Crippen molar-refractivity contribution < 1.29 is 32.7 Å². The third-order valence-corrected chi connectivity index (χ3v) is 5.80. The van der Waals surface area contributed by atoms with E-state index in [4.69, 9.17) is 20.8 Å². The molecular weight excluding hydrogens is 517 g/mol. The number of allylic oxidation sites excluding steroid dienone is 1. The Morgan fingerprint density at radius 3 is 2.55 bits per heavy atom. The number of furan rings is 1. The maximum absolute atomic E-state index is 14.5. The lowest BCUT2D eigenvalue weighted by atomic mass is 10.1. The summed E-state index contributed by atoms with van der Waals surface area (Å²) >= 11 is 5.87. The fourth-order valence-corrected chi connectivity index (χ4v) is 4.00. The number of rotatable bonds is 6. The van der Waals surface area contributed by atoms with Crippen molar-refractivity contribution in [3.63, 3.8) is 0 Å². The molecule has 11 heteroatoms. The molecule has 194 valence electrons. The minimum atomic E-state index is -0.903. The number of hydrogen-bond donors (Lipinski definition) is 2. The topological polar surface area (TPSA) is 118 Å². The minimum absolute atomic E-state index is 0.0151. The van der Waals surface area contributed by atoms with Crippen molar-refractivity contribution >= 4 is 52.7 Å². The van der Waals surface area contributed by atoms with Crippen LogP contribution in [0.15, 0.2) is 81.9 Å². The fraction of sp³-hybridized carbons (Fsp3) is 0.111. The fourth-order valence-electron chi connectivity index (χ4n) is 3.81. The van der Waals surface area contributed by atoms with Gasteiger partial charge in [0.2, 0.25) is 0 Å². The molecule has 0 radical (unpaired) electrons. The van der Waals surface area contributed by atoms with E-state index in [1.54, 1.807) is 24.3 Å². The van der Waals surface area contributed by atoms with Gasteiger partial charge in [-0.3, -0.25) is 19.3 Å². The maximum Gasteiger partial charge on any atom is 0.340 e. The maximum atomic E-state index is 14.5. The van der Waals surface area contributed by atoms with Gasteiger partial charge in [0.15, 0.2) is 0 Å². The summed E-state index contributed by atoms with van der Waals surface area (Å²) in [4.78, 5) is 51.2. The van der Waals surface area contributed by atoms with E-state index >= 15 is 0 Å². The molecule has 1 aromatic heterocycles. The van der Waals surface area contributed by atoms with E-state index in [1.165, 1.54) is 56.5 Å². The van der Waals surface area contributed by atoms with Crippen molar-refractivity contribution in [3.8, 4) is 0 Å². The van der Waals surface area contributed by atoms with E-state index in [1.807, 2.05) is 0 Å². The van der Waals surface area contributed by atoms with Crippen molar-refractivity contribution in [1.82, 2.24) is 5.32 Å². The van der Waals surface area contributed by atoms with Crippen LogP contribution in [0.25, 0.3) is 6.08 Å². The molecule has 9 nitrogen and oxygen atoms in total. The van der Waals surface area contributed by atoms with Crippen LogP contribution in [-0.2, 0) is 30.5 Å². The largest absolute Gasteiger partial charge is 0.465 e. The number of amides is 3. The number of benzene rings is 2. The van der Waals surface area contributed by atoms with Crippen molar-refractivity contribution in [3.05, 3.63) is 99.9 Å². The highest BCUT2D eigenvalue weighted by Gasteiger charge is 2.39. The van der Waals surface area contributed by atoms with Crippen molar-refractivity contribution in [2.24, 2.45) is 0 Å². The van der Waals surface area contributed by atoms with Crippen LogP contribution in [0, 0.1) is 5.82 Å². The summed E-state index contributed by atoms with van der Waals surface area (Å²) in [5.74, 6) is -3.39. The van der Waals surface area contributed by atoms with Gasteiger partial charge in [-0.05, 0) is 55.5 Å². The van der Waals surface area contributed by atoms with Crippen LogP contribution in [0.5, 0.6) is 0 Å². The molecule has 0 unspecified atom stereocenters. The lowest BCUT2D eigenvalue weighted by molar-refractivity contribution is -0.136. The van der Waals surface area contributed by atoms with Crippen molar-refractivity contribution in [2.45, 2.75) is 13.5 Å². The number of anilines is 2. The number of carbonyl (C=O) groups excluding carboxylic acids is 4. The second-order valence-corrected chi connectivity index (χ2v) is 8.49. The highest BCUT2D eigenvalue weighted by molar-refractivity contribution is 6.39. The van der Waals surface area contributed by atoms with Crippen molar-refractivity contribution in [1.29, 1.82) is 0 Å². The smallest absolute Gasteiger partial charge is 0.340 e. The minimum Gasteiger partial charge on any atom is -0.465 e. The summed E-state index contributed by atoms with van der Waals surface area (Å²) in [6.07, 6.45) is 1.33. The number of hydrogen-bond acceptors (Lipinski definition) is 6. The van der Waals surface area contributed by atoms with Gasteiger partial charge < -0.3 is 19.8 Å². The Morgan fingerprint density at radius 2 is 1.84 bits per heavy atom. The Kier molecular flexibility index (Phi) is 7.73. The van der Waals surface area contributed by atoms with Gasteiger partial charge in [0.25, 0.3) is 5.91 Å². The first kappa shape index (κ1) is 26.4. The zero-order chi connectivity index (χ0) is 27.4. The van der Waals surface area contributed by atoms with Gasteiger partial charge in [0.1, 0.15) is 17.3 Å². The molecule has 1 aliphatic rings. The standard InChI is InChI=1S/C27H21ClFN3O6/c1-15-23(27(36)37-2)20(26(35)32(15)22-9-4-3-8-21(22)29)13-18-10-11-19(38-18)14-30-24(33)25(34)31-17-7-5-6-16(28)12-17/h3-13H,14H2,1-2H3,(H,30,33)(H,31,34)/b20-13+. The molecule has 0 aliphatic carbocycles. The van der Waals surface area contributed by atoms with E-state index in [-0.39, 0.29) is 40.6 Å². The van der Waals surface area contributed by atoms with Crippen LogP contribution in [0.1, 0.15) is 18.4 Å². The van der Waals surface area contributed by atoms with E-state index in [9.17, 15) is 23.6 Å². The summed E-state index contributed by atoms with van der Waals surface area (Å²) < 4.78 is 25.0. The molecule has 2 heterocycles. The molecule has 38 heavy (non-hydrogen) atoms. The zero-order valence-corrected chi connectivity index (χ0v) is 21.0. The van der Waals surface area contributed by atoms with E-state index in [2.05, 4.69) is 10.6 Å². The highest BCUT2D eigenvalue weighted by atomic mass is 35.5. The number of carbonyl (C=O) groups is 4. The summed E-state index contributed by atoms with van der Waals surface area (Å²) in [6, 6.07) is 15.1. The van der Waals surface area contributed by atoms with E-state index < -0.39 is 29.5 Å². The Bertz CT molecular complexity index is 1510. The number of esters is 1. The van der Waals surface area contributed by atoms with Crippen LogP contribution in [-0.4, -0.2) is 30.8 Å². The first-order chi connectivity index (χ1) is 18.2. The van der Waals surface area contributed by atoms with Crippen LogP contribution >= 0.6 is 11.6 Å². The van der Waals surface area contributed by atoms with Crippen LogP contribution < -0.4 is 15.5 Å². The highest BCUT2D eigenvalue weighted by Crippen LogP contribution is 2.36. The predicted octanol–water partition coefficient (Wildman–Crippen LogP) is 4.20. The summed E-state index contributed by atoms with van der Waals surface area (Å²) in [5.41, 5.74) is 0.453. The van der Waals surface area contributed by atoms with E-state index in [0.717, 1.165) is 4.90 Å². The quantitative estimate of drug-likeness (QED) is 0.276. The van der Waals surface area contributed by atoms with Crippen molar-refractivity contribution in [2.75, 3.05) is 17.3 Å². The number of nitrogens with one attached hydrogen (secondary N) is 2. The molecule has 1 aliphatic heterocycles. The molecule has 0 saturated heterocycles. The number of halogens is 2. The molecule has 3 aromatic rings. The zero-order valence-electron chi connectivity index (χ0n) is 20.2. The molecule has 0 fully saturated rings. The predicted molar refractivity (Wildman–Crippen MR) is 137 cm³/mol. The SMILES string of the molecule is COC(=O)C1=C(C)N(c2ccccc2F)C(=O)/C1=C/c1ccc(CNC(=O)C(=O)Nc2cccc(Cl)c2)o1. The third-order valence-electron chi connectivity index (χ3n) is 5.56. The second kappa shape index (κ2) is 11.1. The Morgan fingerprint density at radius 1 is 1.08 bits per heavy atom. The van der Waals surface area contributed by atoms with E-state index in [0.29, 0.717) is 10.7 Å². The molecular formula is C27H21ClFN3O6. The number of para-hydroxylation sites is 1. The molecule has 2 N–H and O–H groups in total. The lowest BCUT2D eigenvalue weighted by Gasteiger charge is -2.18. The first-order valence-electron chi connectivity index (χ1n) is 11.2. The van der Waals surface area contributed by atoms with Crippen LogP contribution in [0.3, 0.4) is 0 Å². The second-order valence-electron chi connectivity index (χ2n) is 8.05. The third kappa shape index (κ3) is 5.50. The Balaban J connectivity index is 1.50. The number of methoxy groups -OCH3 is 1.